The SMILES string of the molecule is CCCCN(C)S(=O)(=O)c1ccc(C#CCO)c(C)c1. The summed E-state index contributed by atoms with van der Waals surface area (Å²) in [6.45, 7) is 4.15. The minimum absolute atomic E-state index is 0.209. The van der Waals surface area contributed by atoms with Crippen LogP contribution in [0.3, 0.4) is 0 Å². The van der Waals surface area contributed by atoms with Crippen LogP contribution in [0.25, 0.3) is 0 Å². The minimum Gasteiger partial charge on any atom is -0.384 e. The van der Waals surface area contributed by atoms with Crippen molar-refractivity contribution in [3.63, 3.8) is 0 Å². The normalized spacial score (nSPS) is 11.2. The van der Waals surface area contributed by atoms with Crippen LogP contribution in [0.15, 0.2) is 23.1 Å². The van der Waals surface area contributed by atoms with Gasteiger partial charge in [0.25, 0.3) is 0 Å². The van der Waals surface area contributed by atoms with E-state index >= 15 is 0 Å². The molecule has 0 saturated carbocycles. The summed E-state index contributed by atoms with van der Waals surface area (Å²) in [5, 5.41) is 8.68. The van der Waals surface area contributed by atoms with Gasteiger partial charge in [0.05, 0.1) is 4.90 Å². The smallest absolute Gasteiger partial charge is 0.242 e. The third-order valence-electron chi connectivity index (χ3n) is 3.03. The summed E-state index contributed by atoms with van der Waals surface area (Å²) in [7, 11) is -1.84. The van der Waals surface area contributed by atoms with Gasteiger partial charge < -0.3 is 5.11 Å². The maximum atomic E-state index is 12.4. The standard InChI is InChI=1S/C15H21NO3S/c1-4-5-10-16(3)20(18,19)15-9-8-14(7-6-11-17)13(2)12-15/h8-9,12,17H,4-5,10-11H2,1-3H3. The Morgan fingerprint density at radius 3 is 2.60 bits per heavy atom. The lowest BCUT2D eigenvalue weighted by molar-refractivity contribution is 0.350. The second-order valence-electron chi connectivity index (χ2n) is 4.62. The first kappa shape index (κ1) is 16.7. The number of hydrogen-bond acceptors (Lipinski definition) is 3. The van der Waals surface area contributed by atoms with Crippen molar-refractivity contribution < 1.29 is 13.5 Å². The molecule has 1 aromatic rings. The van der Waals surface area contributed by atoms with Crippen molar-refractivity contribution in [2.75, 3.05) is 20.2 Å². The number of sulfonamides is 1. The second kappa shape index (κ2) is 7.44. The highest BCUT2D eigenvalue weighted by Gasteiger charge is 2.20. The first-order valence-electron chi connectivity index (χ1n) is 6.60. The molecule has 0 fully saturated rings. The molecule has 1 N–H and O–H groups in total. The van der Waals surface area contributed by atoms with E-state index in [-0.39, 0.29) is 11.5 Å². The van der Waals surface area contributed by atoms with Gasteiger partial charge in [-0.15, -0.1) is 0 Å². The van der Waals surface area contributed by atoms with E-state index in [0.29, 0.717) is 6.54 Å². The number of rotatable bonds is 5. The van der Waals surface area contributed by atoms with Crippen molar-refractivity contribution >= 4 is 10.0 Å². The summed E-state index contributed by atoms with van der Waals surface area (Å²) in [5.74, 6) is 5.36. The van der Waals surface area contributed by atoms with Crippen LogP contribution in [0.1, 0.15) is 30.9 Å². The van der Waals surface area contributed by atoms with E-state index in [9.17, 15) is 8.42 Å². The van der Waals surface area contributed by atoms with Crippen LogP contribution in [-0.2, 0) is 10.0 Å². The summed E-state index contributed by atoms with van der Waals surface area (Å²) >= 11 is 0. The Morgan fingerprint density at radius 1 is 1.35 bits per heavy atom. The molecule has 0 aliphatic rings. The molecule has 20 heavy (non-hydrogen) atoms. The van der Waals surface area contributed by atoms with Crippen molar-refractivity contribution in [2.45, 2.75) is 31.6 Å². The number of hydrogen-bond donors (Lipinski definition) is 1. The zero-order valence-electron chi connectivity index (χ0n) is 12.2. The van der Waals surface area contributed by atoms with Gasteiger partial charge in [0, 0.05) is 19.2 Å². The van der Waals surface area contributed by atoms with Gasteiger partial charge in [-0.1, -0.05) is 25.2 Å². The third-order valence-corrected chi connectivity index (χ3v) is 4.89. The Morgan fingerprint density at radius 2 is 2.05 bits per heavy atom. The molecule has 0 aromatic heterocycles. The molecule has 110 valence electrons. The van der Waals surface area contributed by atoms with Gasteiger partial charge in [-0.25, -0.2) is 12.7 Å². The topological polar surface area (TPSA) is 57.6 Å². The van der Waals surface area contributed by atoms with E-state index in [1.165, 1.54) is 4.31 Å². The molecule has 0 saturated heterocycles. The summed E-state index contributed by atoms with van der Waals surface area (Å²) < 4.78 is 26.1. The molecule has 0 aliphatic heterocycles. The van der Waals surface area contributed by atoms with Crippen molar-refractivity contribution in [2.24, 2.45) is 0 Å². The number of benzene rings is 1. The highest BCUT2D eigenvalue weighted by atomic mass is 32.2. The van der Waals surface area contributed by atoms with Gasteiger partial charge in [-0.3, -0.25) is 0 Å². The van der Waals surface area contributed by atoms with Gasteiger partial charge in [-0.05, 0) is 37.1 Å². The Bertz CT molecular complexity index is 612. The monoisotopic (exact) mass is 295 g/mol. The maximum absolute atomic E-state index is 12.4. The molecule has 0 amide bonds. The summed E-state index contributed by atoms with van der Waals surface area (Å²) in [6.07, 6.45) is 1.79. The fraction of sp³-hybridized carbons (Fsp3) is 0.467. The molecule has 0 unspecified atom stereocenters. The number of nitrogens with zero attached hydrogens (tertiary/aromatic N) is 1. The highest BCUT2D eigenvalue weighted by molar-refractivity contribution is 7.89. The van der Waals surface area contributed by atoms with Gasteiger partial charge in [-0.2, -0.15) is 0 Å². The van der Waals surface area contributed by atoms with Crippen LogP contribution in [0, 0.1) is 18.8 Å². The summed E-state index contributed by atoms with van der Waals surface area (Å²) in [5.41, 5.74) is 1.52. The van der Waals surface area contributed by atoms with E-state index < -0.39 is 10.0 Å². The lowest BCUT2D eigenvalue weighted by atomic mass is 10.1. The van der Waals surface area contributed by atoms with Crippen LogP contribution in [0.5, 0.6) is 0 Å². The van der Waals surface area contributed by atoms with Crippen LogP contribution in [-0.4, -0.2) is 38.0 Å². The zero-order chi connectivity index (χ0) is 15.2. The fourth-order valence-corrected chi connectivity index (χ4v) is 3.05. The molecule has 1 aromatic carbocycles. The van der Waals surface area contributed by atoms with E-state index in [1.807, 2.05) is 13.8 Å². The predicted octanol–water partition coefficient (Wildman–Crippen LogP) is 1.76. The third kappa shape index (κ3) is 4.07. The van der Waals surface area contributed by atoms with Gasteiger partial charge in [0.1, 0.15) is 6.61 Å². The van der Waals surface area contributed by atoms with Gasteiger partial charge in [0.15, 0.2) is 0 Å². The average molecular weight is 295 g/mol. The Hall–Kier alpha value is -1.35. The van der Waals surface area contributed by atoms with Crippen LogP contribution < -0.4 is 0 Å². The summed E-state index contributed by atoms with van der Waals surface area (Å²) in [6, 6.07) is 4.86. The van der Waals surface area contributed by atoms with Crippen molar-refractivity contribution in [3.05, 3.63) is 29.3 Å². The molecule has 4 nitrogen and oxygen atoms in total. The number of aryl methyl sites for hydroxylation is 1. The van der Waals surface area contributed by atoms with E-state index in [0.717, 1.165) is 24.0 Å². The maximum Gasteiger partial charge on any atom is 0.242 e. The largest absolute Gasteiger partial charge is 0.384 e. The van der Waals surface area contributed by atoms with Gasteiger partial charge in [0.2, 0.25) is 10.0 Å². The molecule has 1 rings (SSSR count). The molecule has 0 bridgehead atoms. The number of aliphatic hydroxyl groups excluding tert-OH is 1. The summed E-state index contributed by atoms with van der Waals surface area (Å²) in [4.78, 5) is 0.281. The first-order chi connectivity index (χ1) is 9.43. The van der Waals surface area contributed by atoms with Gasteiger partial charge >= 0.3 is 0 Å². The van der Waals surface area contributed by atoms with Crippen molar-refractivity contribution in [1.29, 1.82) is 0 Å². The number of aliphatic hydroxyl groups is 1. The molecule has 0 atom stereocenters. The van der Waals surface area contributed by atoms with E-state index in [2.05, 4.69) is 11.8 Å². The van der Waals surface area contributed by atoms with Crippen LogP contribution >= 0.6 is 0 Å². The molecular weight excluding hydrogens is 274 g/mol. The molecule has 5 heteroatoms. The average Bonchev–Trinajstić information content (AvgIpc) is 2.43. The molecule has 0 radical (unpaired) electrons. The fourth-order valence-electron chi connectivity index (χ4n) is 1.75. The van der Waals surface area contributed by atoms with E-state index in [4.69, 9.17) is 5.11 Å². The Balaban J connectivity index is 3.05. The highest BCUT2D eigenvalue weighted by Crippen LogP contribution is 2.18. The van der Waals surface area contributed by atoms with Crippen LogP contribution in [0.2, 0.25) is 0 Å². The Kier molecular flexibility index (Phi) is 6.21. The Labute approximate surface area is 121 Å². The molecular formula is C15H21NO3S. The lowest BCUT2D eigenvalue weighted by Crippen LogP contribution is -2.28. The van der Waals surface area contributed by atoms with Crippen LogP contribution in [0.4, 0.5) is 0 Å². The van der Waals surface area contributed by atoms with Crippen molar-refractivity contribution in [1.82, 2.24) is 4.31 Å². The minimum atomic E-state index is -3.44. The molecule has 0 heterocycles. The van der Waals surface area contributed by atoms with Crippen molar-refractivity contribution in [3.8, 4) is 11.8 Å². The molecule has 0 aliphatic carbocycles. The number of unbranched alkanes of at least 4 members (excludes halogenated alkanes) is 1. The first-order valence-corrected chi connectivity index (χ1v) is 8.04. The lowest BCUT2D eigenvalue weighted by Gasteiger charge is -2.17. The second-order valence-corrected chi connectivity index (χ2v) is 6.66. The zero-order valence-corrected chi connectivity index (χ0v) is 13.0. The molecule has 0 spiro atoms. The predicted molar refractivity (Wildman–Crippen MR) is 79.9 cm³/mol. The van der Waals surface area contributed by atoms with E-state index in [1.54, 1.807) is 25.2 Å². The quantitative estimate of drug-likeness (QED) is 0.842.